The molecular weight excluding hydrogens is 166 g/mol. The molecule has 2 nitrogen and oxygen atoms in total. The zero-order valence-corrected chi connectivity index (χ0v) is 7.31. The van der Waals surface area contributed by atoms with E-state index in [2.05, 4.69) is 0 Å². The molecular formula is C8H14F2O2. The zero-order chi connectivity index (χ0) is 9.78. The van der Waals surface area contributed by atoms with Crippen molar-refractivity contribution in [2.24, 2.45) is 5.92 Å². The molecule has 0 saturated carbocycles. The summed E-state index contributed by atoms with van der Waals surface area (Å²) >= 11 is 0. The van der Waals surface area contributed by atoms with Gasteiger partial charge in [0, 0.05) is 6.42 Å². The molecule has 72 valence electrons. The number of rotatable bonds is 5. The van der Waals surface area contributed by atoms with Gasteiger partial charge < -0.3 is 5.11 Å². The lowest BCUT2D eigenvalue weighted by Gasteiger charge is -2.13. The first-order chi connectivity index (χ1) is 5.37. The van der Waals surface area contributed by atoms with Crippen molar-refractivity contribution in [2.75, 3.05) is 0 Å². The van der Waals surface area contributed by atoms with Crippen molar-refractivity contribution >= 4 is 5.97 Å². The Balaban J connectivity index is 3.81. The van der Waals surface area contributed by atoms with E-state index in [9.17, 15) is 13.6 Å². The maximum atomic E-state index is 12.3. The molecule has 0 aliphatic heterocycles. The molecule has 4 heteroatoms. The van der Waals surface area contributed by atoms with Crippen LogP contribution in [0.2, 0.25) is 0 Å². The minimum atomic E-state index is -2.75. The molecule has 0 heterocycles. The lowest BCUT2D eigenvalue weighted by atomic mass is 9.99. The molecule has 1 unspecified atom stereocenters. The first-order valence-electron chi connectivity index (χ1n) is 3.97. The van der Waals surface area contributed by atoms with Gasteiger partial charge in [-0.2, -0.15) is 0 Å². The highest BCUT2D eigenvalue weighted by Gasteiger charge is 2.24. The van der Waals surface area contributed by atoms with E-state index in [0.717, 1.165) is 6.92 Å². The number of carboxylic acids is 1. The van der Waals surface area contributed by atoms with Crippen LogP contribution in [0, 0.1) is 5.92 Å². The van der Waals surface area contributed by atoms with E-state index in [-0.39, 0.29) is 12.8 Å². The van der Waals surface area contributed by atoms with Crippen molar-refractivity contribution in [3.8, 4) is 0 Å². The standard InChI is InChI=1S/C8H14F2O2/c1-3-6(7(11)12)4-5-8(2,9)10/h6H,3-5H2,1-2H3,(H,11,12). The van der Waals surface area contributed by atoms with Crippen LogP contribution < -0.4 is 0 Å². The predicted molar refractivity (Wildman–Crippen MR) is 41.3 cm³/mol. The van der Waals surface area contributed by atoms with Crippen molar-refractivity contribution in [1.82, 2.24) is 0 Å². The van der Waals surface area contributed by atoms with Gasteiger partial charge in [0.05, 0.1) is 5.92 Å². The highest BCUT2D eigenvalue weighted by Crippen LogP contribution is 2.23. The van der Waals surface area contributed by atoms with E-state index in [1.807, 2.05) is 0 Å². The molecule has 0 amide bonds. The maximum absolute atomic E-state index is 12.3. The maximum Gasteiger partial charge on any atom is 0.306 e. The smallest absolute Gasteiger partial charge is 0.306 e. The number of hydrogen-bond acceptors (Lipinski definition) is 1. The van der Waals surface area contributed by atoms with Crippen LogP contribution in [0.5, 0.6) is 0 Å². The van der Waals surface area contributed by atoms with E-state index < -0.39 is 17.8 Å². The zero-order valence-electron chi connectivity index (χ0n) is 7.31. The minimum Gasteiger partial charge on any atom is -0.481 e. The number of aliphatic carboxylic acids is 1. The molecule has 0 aromatic rings. The molecule has 0 aliphatic carbocycles. The minimum absolute atomic E-state index is 0.0509. The van der Waals surface area contributed by atoms with Crippen LogP contribution in [-0.2, 0) is 4.79 Å². The van der Waals surface area contributed by atoms with E-state index in [4.69, 9.17) is 5.11 Å². The van der Waals surface area contributed by atoms with Crippen LogP contribution in [-0.4, -0.2) is 17.0 Å². The number of hydrogen-bond donors (Lipinski definition) is 1. The van der Waals surface area contributed by atoms with Crippen molar-refractivity contribution in [3.05, 3.63) is 0 Å². The van der Waals surface area contributed by atoms with Crippen LogP contribution in [0.15, 0.2) is 0 Å². The normalized spacial score (nSPS) is 14.3. The Hall–Kier alpha value is -0.670. The van der Waals surface area contributed by atoms with Crippen LogP contribution >= 0.6 is 0 Å². The summed E-state index contributed by atoms with van der Waals surface area (Å²) < 4.78 is 24.6. The highest BCUT2D eigenvalue weighted by molar-refractivity contribution is 5.69. The van der Waals surface area contributed by atoms with Gasteiger partial charge in [0.25, 0.3) is 0 Å². The summed E-state index contributed by atoms with van der Waals surface area (Å²) in [6.45, 7) is 2.49. The Bertz CT molecular complexity index is 152. The Kier molecular flexibility index (Phi) is 4.13. The Morgan fingerprint density at radius 3 is 2.33 bits per heavy atom. The quantitative estimate of drug-likeness (QED) is 0.705. The summed E-state index contributed by atoms with van der Waals surface area (Å²) in [5.41, 5.74) is 0. The molecule has 0 aromatic heterocycles. The number of carboxylic acid groups (broad SMARTS) is 1. The van der Waals surface area contributed by atoms with Crippen LogP contribution in [0.3, 0.4) is 0 Å². The SMILES string of the molecule is CCC(CCC(C)(F)F)C(=O)O. The molecule has 0 rings (SSSR count). The van der Waals surface area contributed by atoms with Gasteiger partial charge in [-0.25, -0.2) is 8.78 Å². The van der Waals surface area contributed by atoms with Gasteiger partial charge >= 0.3 is 5.97 Å². The van der Waals surface area contributed by atoms with Crippen molar-refractivity contribution in [1.29, 1.82) is 0 Å². The topological polar surface area (TPSA) is 37.3 Å². The fraction of sp³-hybridized carbons (Fsp3) is 0.875. The van der Waals surface area contributed by atoms with E-state index in [1.54, 1.807) is 6.92 Å². The molecule has 12 heavy (non-hydrogen) atoms. The molecule has 0 radical (unpaired) electrons. The fourth-order valence-corrected chi connectivity index (χ4v) is 0.930. The lowest BCUT2D eigenvalue weighted by molar-refractivity contribution is -0.142. The first kappa shape index (κ1) is 11.3. The van der Waals surface area contributed by atoms with Gasteiger partial charge in [0.1, 0.15) is 0 Å². The predicted octanol–water partition coefficient (Wildman–Crippen LogP) is 2.53. The van der Waals surface area contributed by atoms with Gasteiger partial charge in [-0.3, -0.25) is 4.79 Å². The van der Waals surface area contributed by atoms with Crippen LogP contribution in [0.1, 0.15) is 33.1 Å². The second-order valence-electron chi connectivity index (χ2n) is 3.05. The summed E-state index contributed by atoms with van der Waals surface area (Å²) in [7, 11) is 0. The summed E-state index contributed by atoms with van der Waals surface area (Å²) in [6.07, 6.45) is 0.110. The molecule has 0 aliphatic rings. The van der Waals surface area contributed by atoms with Gasteiger partial charge in [-0.1, -0.05) is 6.92 Å². The summed E-state index contributed by atoms with van der Waals surface area (Å²) in [5, 5.41) is 8.53. The van der Waals surface area contributed by atoms with E-state index >= 15 is 0 Å². The Morgan fingerprint density at radius 1 is 1.58 bits per heavy atom. The average Bonchev–Trinajstić information content (AvgIpc) is 1.85. The second kappa shape index (κ2) is 4.38. The van der Waals surface area contributed by atoms with E-state index in [0.29, 0.717) is 6.42 Å². The molecule has 1 N–H and O–H groups in total. The summed E-state index contributed by atoms with van der Waals surface area (Å²) in [4.78, 5) is 10.4. The van der Waals surface area contributed by atoms with Crippen molar-refractivity contribution < 1.29 is 18.7 Å². The van der Waals surface area contributed by atoms with Gasteiger partial charge in [-0.15, -0.1) is 0 Å². The fourth-order valence-electron chi connectivity index (χ4n) is 0.930. The Labute approximate surface area is 70.6 Å². The number of carbonyl (C=O) groups is 1. The third-order valence-corrected chi connectivity index (χ3v) is 1.77. The van der Waals surface area contributed by atoms with Gasteiger partial charge in [-0.05, 0) is 19.8 Å². The molecule has 0 saturated heterocycles. The van der Waals surface area contributed by atoms with Gasteiger partial charge in [0.15, 0.2) is 0 Å². The highest BCUT2D eigenvalue weighted by atomic mass is 19.3. The van der Waals surface area contributed by atoms with Crippen LogP contribution in [0.25, 0.3) is 0 Å². The van der Waals surface area contributed by atoms with Gasteiger partial charge in [0.2, 0.25) is 5.92 Å². The third-order valence-electron chi connectivity index (χ3n) is 1.77. The van der Waals surface area contributed by atoms with Crippen molar-refractivity contribution in [2.45, 2.75) is 39.0 Å². The second-order valence-corrected chi connectivity index (χ2v) is 3.05. The molecule has 0 aromatic carbocycles. The molecule has 1 atom stereocenters. The number of alkyl halides is 2. The average molecular weight is 180 g/mol. The third kappa shape index (κ3) is 5.04. The number of halogens is 2. The summed E-state index contributed by atoms with van der Waals surface area (Å²) in [5.74, 6) is -4.36. The molecule has 0 bridgehead atoms. The molecule has 0 fully saturated rings. The first-order valence-corrected chi connectivity index (χ1v) is 3.97. The van der Waals surface area contributed by atoms with Crippen LogP contribution in [0.4, 0.5) is 8.78 Å². The van der Waals surface area contributed by atoms with Crippen molar-refractivity contribution in [3.63, 3.8) is 0 Å². The Morgan fingerprint density at radius 2 is 2.08 bits per heavy atom. The largest absolute Gasteiger partial charge is 0.481 e. The molecule has 0 spiro atoms. The van der Waals surface area contributed by atoms with E-state index in [1.165, 1.54) is 0 Å². The lowest BCUT2D eigenvalue weighted by Crippen LogP contribution is -2.17. The monoisotopic (exact) mass is 180 g/mol. The summed E-state index contributed by atoms with van der Waals surface area (Å²) in [6, 6.07) is 0.